The Kier molecular flexibility index (Phi) is 3.17. The second-order valence-corrected chi connectivity index (χ2v) is 5.55. The number of hydrogen-bond acceptors (Lipinski definition) is 2. The molecule has 17 heavy (non-hydrogen) atoms. The van der Waals surface area contributed by atoms with E-state index in [1.165, 1.54) is 44.5 Å². The van der Waals surface area contributed by atoms with Gasteiger partial charge in [-0.05, 0) is 50.5 Å². The zero-order valence-corrected chi connectivity index (χ0v) is 10.7. The van der Waals surface area contributed by atoms with Crippen LogP contribution in [0.1, 0.15) is 24.0 Å². The van der Waals surface area contributed by atoms with Crippen LogP contribution in [0.3, 0.4) is 0 Å². The lowest BCUT2D eigenvalue weighted by molar-refractivity contribution is 0.161. The zero-order valence-electron chi connectivity index (χ0n) is 10.7. The number of fused-ring (bicyclic) bond motifs is 1. The van der Waals surface area contributed by atoms with Crippen molar-refractivity contribution in [1.82, 2.24) is 9.80 Å². The van der Waals surface area contributed by atoms with Gasteiger partial charge in [-0.3, -0.25) is 4.90 Å². The lowest BCUT2D eigenvalue weighted by Gasteiger charge is -2.36. The largest absolute Gasteiger partial charge is 0.302 e. The summed E-state index contributed by atoms with van der Waals surface area (Å²) in [6.07, 6.45) is 4.02. The van der Waals surface area contributed by atoms with E-state index in [9.17, 15) is 0 Å². The van der Waals surface area contributed by atoms with E-state index in [2.05, 4.69) is 41.1 Å². The van der Waals surface area contributed by atoms with Gasteiger partial charge in [0.05, 0.1) is 0 Å². The second-order valence-electron chi connectivity index (χ2n) is 5.55. The smallest absolute Gasteiger partial charge is 0.0264 e. The molecule has 1 aromatic carbocycles. The summed E-state index contributed by atoms with van der Waals surface area (Å²) < 4.78 is 0. The van der Waals surface area contributed by atoms with Gasteiger partial charge in [0.15, 0.2) is 0 Å². The molecule has 0 aromatic heterocycles. The second kappa shape index (κ2) is 4.79. The molecule has 2 aliphatic rings. The fourth-order valence-corrected chi connectivity index (χ4v) is 3.19. The van der Waals surface area contributed by atoms with E-state index in [1.807, 2.05) is 0 Å². The summed E-state index contributed by atoms with van der Waals surface area (Å²) in [4.78, 5) is 5.16. The fourth-order valence-electron chi connectivity index (χ4n) is 3.19. The predicted octanol–water partition coefficient (Wildman–Crippen LogP) is 2.14. The third-order valence-corrected chi connectivity index (χ3v) is 4.28. The van der Waals surface area contributed by atoms with Crippen molar-refractivity contribution in [3.05, 3.63) is 35.4 Å². The lowest BCUT2D eigenvalue weighted by Crippen LogP contribution is -2.44. The summed E-state index contributed by atoms with van der Waals surface area (Å²) in [5.74, 6) is 0. The summed E-state index contributed by atoms with van der Waals surface area (Å²) in [6.45, 7) is 5.00. The van der Waals surface area contributed by atoms with Crippen LogP contribution in [0.25, 0.3) is 0 Å². The normalized spacial score (nSPS) is 26.1. The molecule has 0 bridgehead atoms. The molecule has 0 saturated carbocycles. The standard InChI is InChI=1S/C15H22N2/c1-16-11-14-7-3-2-6-13(14)10-15(16)12-17-8-4-5-9-17/h2-3,6-7,15H,4-5,8-12H2,1H3/t15-/m0/s1. The van der Waals surface area contributed by atoms with Crippen molar-refractivity contribution in [2.24, 2.45) is 0 Å². The number of benzene rings is 1. The van der Waals surface area contributed by atoms with Gasteiger partial charge in [0, 0.05) is 19.1 Å². The molecule has 1 aromatic rings. The average molecular weight is 230 g/mol. The molecule has 0 unspecified atom stereocenters. The topological polar surface area (TPSA) is 6.48 Å². The van der Waals surface area contributed by atoms with E-state index in [4.69, 9.17) is 0 Å². The van der Waals surface area contributed by atoms with Crippen molar-refractivity contribution in [2.75, 3.05) is 26.7 Å². The van der Waals surface area contributed by atoms with E-state index in [0.717, 1.165) is 6.54 Å². The molecule has 1 saturated heterocycles. The predicted molar refractivity (Wildman–Crippen MR) is 71.1 cm³/mol. The summed E-state index contributed by atoms with van der Waals surface area (Å²) >= 11 is 0. The summed E-state index contributed by atoms with van der Waals surface area (Å²) in [7, 11) is 2.27. The van der Waals surface area contributed by atoms with E-state index in [1.54, 1.807) is 5.56 Å². The minimum absolute atomic E-state index is 0.711. The van der Waals surface area contributed by atoms with Crippen LogP contribution in [0.2, 0.25) is 0 Å². The first kappa shape index (κ1) is 11.2. The van der Waals surface area contributed by atoms with Gasteiger partial charge in [-0.15, -0.1) is 0 Å². The van der Waals surface area contributed by atoms with Crippen molar-refractivity contribution < 1.29 is 0 Å². The summed E-state index contributed by atoms with van der Waals surface area (Å²) in [5, 5.41) is 0. The highest BCUT2D eigenvalue weighted by atomic mass is 15.2. The van der Waals surface area contributed by atoms with Gasteiger partial charge in [0.1, 0.15) is 0 Å². The van der Waals surface area contributed by atoms with Crippen LogP contribution in [0.4, 0.5) is 0 Å². The summed E-state index contributed by atoms with van der Waals surface area (Å²) in [5.41, 5.74) is 3.09. The number of hydrogen-bond donors (Lipinski definition) is 0. The Morgan fingerprint density at radius 3 is 2.59 bits per heavy atom. The maximum absolute atomic E-state index is 2.63. The molecule has 2 nitrogen and oxygen atoms in total. The molecule has 2 heteroatoms. The maximum Gasteiger partial charge on any atom is 0.0264 e. The molecule has 0 radical (unpaired) electrons. The number of nitrogens with zero attached hydrogens (tertiary/aromatic N) is 2. The van der Waals surface area contributed by atoms with Crippen LogP contribution in [0.5, 0.6) is 0 Å². The van der Waals surface area contributed by atoms with Crippen molar-refractivity contribution in [1.29, 1.82) is 0 Å². The molecule has 0 N–H and O–H groups in total. The Bertz CT molecular complexity index is 382. The Hall–Kier alpha value is -0.860. The third-order valence-electron chi connectivity index (χ3n) is 4.28. The van der Waals surface area contributed by atoms with Gasteiger partial charge in [0.25, 0.3) is 0 Å². The van der Waals surface area contributed by atoms with Crippen LogP contribution in [-0.2, 0) is 13.0 Å². The Labute approximate surface area is 104 Å². The number of likely N-dealkylation sites (N-methyl/N-ethyl adjacent to an activating group) is 1. The van der Waals surface area contributed by atoms with E-state index < -0.39 is 0 Å². The SMILES string of the molecule is CN1Cc2ccccc2C[C@H]1CN1CCCC1. The molecule has 0 aliphatic carbocycles. The van der Waals surface area contributed by atoms with Crippen molar-refractivity contribution in [3.63, 3.8) is 0 Å². The fraction of sp³-hybridized carbons (Fsp3) is 0.600. The van der Waals surface area contributed by atoms with Crippen LogP contribution < -0.4 is 0 Å². The minimum Gasteiger partial charge on any atom is -0.302 e. The van der Waals surface area contributed by atoms with Crippen LogP contribution in [0.15, 0.2) is 24.3 Å². The van der Waals surface area contributed by atoms with Gasteiger partial charge < -0.3 is 4.90 Å². The number of likely N-dealkylation sites (tertiary alicyclic amines) is 1. The molecule has 3 rings (SSSR count). The van der Waals surface area contributed by atoms with E-state index in [-0.39, 0.29) is 0 Å². The molecule has 1 atom stereocenters. The quantitative estimate of drug-likeness (QED) is 0.768. The molecule has 2 heterocycles. The van der Waals surface area contributed by atoms with Gasteiger partial charge in [-0.2, -0.15) is 0 Å². The molecular weight excluding hydrogens is 208 g/mol. The molecule has 1 fully saturated rings. The highest BCUT2D eigenvalue weighted by Gasteiger charge is 2.25. The van der Waals surface area contributed by atoms with Crippen molar-refractivity contribution >= 4 is 0 Å². The monoisotopic (exact) mass is 230 g/mol. The first-order valence-corrected chi connectivity index (χ1v) is 6.82. The highest BCUT2D eigenvalue weighted by molar-refractivity contribution is 5.30. The van der Waals surface area contributed by atoms with Crippen LogP contribution >= 0.6 is 0 Å². The number of rotatable bonds is 2. The van der Waals surface area contributed by atoms with Crippen molar-refractivity contribution in [3.8, 4) is 0 Å². The first-order chi connectivity index (χ1) is 8.33. The molecular formula is C15H22N2. The van der Waals surface area contributed by atoms with Gasteiger partial charge >= 0.3 is 0 Å². The van der Waals surface area contributed by atoms with Gasteiger partial charge in [0.2, 0.25) is 0 Å². The third kappa shape index (κ3) is 2.38. The highest BCUT2D eigenvalue weighted by Crippen LogP contribution is 2.23. The Balaban J connectivity index is 1.70. The molecule has 0 spiro atoms. The minimum atomic E-state index is 0.711. The Morgan fingerprint density at radius 2 is 1.82 bits per heavy atom. The van der Waals surface area contributed by atoms with Gasteiger partial charge in [-0.1, -0.05) is 24.3 Å². The lowest BCUT2D eigenvalue weighted by atomic mass is 9.94. The molecule has 92 valence electrons. The Morgan fingerprint density at radius 1 is 1.12 bits per heavy atom. The molecule has 2 aliphatic heterocycles. The van der Waals surface area contributed by atoms with E-state index >= 15 is 0 Å². The van der Waals surface area contributed by atoms with Crippen molar-refractivity contribution in [2.45, 2.75) is 31.8 Å². The van der Waals surface area contributed by atoms with Gasteiger partial charge in [-0.25, -0.2) is 0 Å². The first-order valence-electron chi connectivity index (χ1n) is 6.82. The molecule has 0 amide bonds. The maximum atomic E-state index is 2.63. The zero-order chi connectivity index (χ0) is 11.7. The average Bonchev–Trinajstić information content (AvgIpc) is 2.83. The van der Waals surface area contributed by atoms with E-state index in [0.29, 0.717) is 6.04 Å². The van der Waals surface area contributed by atoms with Crippen LogP contribution in [-0.4, -0.2) is 42.5 Å². The van der Waals surface area contributed by atoms with Crippen LogP contribution in [0, 0.1) is 0 Å². The summed E-state index contributed by atoms with van der Waals surface area (Å²) in [6, 6.07) is 9.63.